The Kier molecular flexibility index (Phi) is 6.87. The van der Waals surface area contributed by atoms with Gasteiger partial charge in [-0.2, -0.15) is 0 Å². The summed E-state index contributed by atoms with van der Waals surface area (Å²) in [6, 6.07) is 4.65. The Morgan fingerprint density at radius 1 is 1.37 bits per heavy atom. The summed E-state index contributed by atoms with van der Waals surface area (Å²) >= 11 is 9.17. The van der Waals surface area contributed by atoms with Gasteiger partial charge in [-0.25, -0.2) is 4.79 Å². The van der Waals surface area contributed by atoms with Gasteiger partial charge in [0.05, 0.1) is 18.4 Å². The molecule has 19 heavy (non-hydrogen) atoms. The molecule has 1 N–H and O–H groups in total. The number of alkyl halides is 1. The fourth-order valence-electron chi connectivity index (χ4n) is 1.50. The number of rotatable bonds is 6. The predicted molar refractivity (Wildman–Crippen MR) is 79.1 cm³/mol. The van der Waals surface area contributed by atoms with Gasteiger partial charge in [0.25, 0.3) is 0 Å². The van der Waals surface area contributed by atoms with Crippen LogP contribution in [0.5, 0.6) is 0 Å². The van der Waals surface area contributed by atoms with Crippen molar-refractivity contribution < 1.29 is 14.3 Å². The lowest BCUT2D eigenvalue weighted by atomic mass is 10.1. The average Bonchev–Trinajstić information content (AvgIpc) is 2.38. The van der Waals surface area contributed by atoms with Crippen LogP contribution in [0, 0.1) is 0 Å². The molecule has 0 heterocycles. The van der Waals surface area contributed by atoms with Gasteiger partial charge in [0.15, 0.2) is 0 Å². The van der Waals surface area contributed by atoms with Crippen LogP contribution in [-0.2, 0) is 9.53 Å². The van der Waals surface area contributed by atoms with E-state index in [1.165, 1.54) is 19.2 Å². The highest BCUT2D eigenvalue weighted by molar-refractivity contribution is 9.09. The monoisotopic (exact) mass is 347 g/mol. The molecule has 1 rings (SSSR count). The molecule has 1 aromatic rings. The highest BCUT2D eigenvalue weighted by Gasteiger charge is 2.14. The Bertz CT molecular complexity index is 465. The van der Waals surface area contributed by atoms with Crippen molar-refractivity contribution in [2.75, 3.05) is 17.8 Å². The zero-order valence-electron chi connectivity index (χ0n) is 10.5. The van der Waals surface area contributed by atoms with E-state index in [2.05, 4.69) is 26.0 Å². The molecule has 6 heteroatoms. The Morgan fingerprint density at radius 2 is 2.11 bits per heavy atom. The highest BCUT2D eigenvalue weighted by atomic mass is 79.9. The summed E-state index contributed by atoms with van der Waals surface area (Å²) in [6.45, 7) is 0. The molecule has 0 aliphatic carbocycles. The molecule has 0 atom stereocenters. The maximum atomic E-state index is 11.7. The maximum absolute atomic E-state index is 11.7. The van der Waals surface area contributed by atoms with Crippen LogP contribution in [-0.4, -0.2) is 24.3 Å². The summed E-state index contributed by atoms with van der Waals surface area (Å²) < 4.78 is 4.66. The van der Waals surface area contributed by atoms with Crippen molar-refractivity contribution in [2.24, 2.45) is 0 Å². The first-order valence-corrected chi connectivity index (χ1v) is 7.32. The fourth-order valence-corrected chi connectivity index (χ4v) is 2.07. The topological polar surface area (TPSA) is 55.4 Å². The number of benzene rings is 1. The number of halogens is 2. The zero-order valence-corrected chi connectivity index (χ0v) is 12.9. The average molecular weight is 349 g/mol. The molecule has 0 radical (unpaired) electrons. The smallest absolute Gasteiger partial charge is 0.339 e. The van der Waals surface area contributed by atoms with E-state index in [1.54, 1.807) is 6.07 Å². The Hall–Kier alpha value is -1.07. The van der Waals surface area contributed by atoms with Gasteiger partial charge in [-0.15, -0.1) is 0 Å². The van der Waals surface area contributed by atoms with Gasteiger partial charge in [0.1, 0.15) is 0 Å². The van der Waals surface area contributed by atoms with Crippen LogP contribution >= 0.6 is 27.5 Å². The lowest BCUT2D eigenvalue weighted by Gasteiger charge is -2.10. The first kappa shape index (κ1) is 16.0. The minimum absolute atomic E-state index is 0.145. The van der Waals surface area contributed by atoms with Crippen LogP contribution in [0.2, 0.25) is 5.02 Å². The molecule has 0 bridgehead atoms. The number of hydrogen-bond donors (Lipinski definition) is 1. The SMILES string of the molecule is COC(=O)c1ccc(Cl)cc1NC(=O)CCCCBr. The van der Waals surface area contributed by atoms with E-state index in [0.717, 1.165) is 18.2 Å². The van der Waals surface area contributed by atoms with E-state index < -0.39 is 5.97 Å². The lowest BCUT2D eigenvalue weighted by Crippen LogP contribution is -2.15. The van der Waals surface area contributed by atoms with Gasteiger partial charge in [-0.3, -0.25) is 4.79 Å². The van der Waals surface area contributed by atoms with Gasteiger partial charge in [0.2, 0.25) is 5.91 Å². The second-order valence-electron chi connectivity index (χ2n) is 3.88. The summed E-state index contributed by atoms with van der Waals surface area (Å²) in [6.07, 6.45) is 2.11. The van der Waals surface area contributed by atoms with Gasteiger partial charge in [0, 0.05) is 16.8 Å². The van der Waals surface area contributed by atoms with Gasteiger partial charge in [-0.05, 0) is 31.0 Å². The van der Waals surface area contributed by atoms with Crippen LogP contribution in [0.1, 0.15) is 29.6 Å². The summed E-state index contributed by atoms with van der Waals surface area (Å²) in [5, 5.41) is 4.00. The third-order valence-corrected chi connectivity index (χ3v) is 3.24. The molecule has 1 amide bonds. The van der Waals surface area contributed by atoms with E-state index in [1.807, 2.05) is 0 Å². The van der Waals surface area contributed by atoms with E-state index in [9.17, 15) is 9.59 Å². The van der Waals surface area contributed by atoms with Crippen LogP contribution in [0.4, 0.5) is 5.69 Å². The lowest BCUT2D eigenvalue weighted by molar-refractivity contribution is -0.116. The standard InChI is InChI=1S/C13H15BrClNO3/c1-19-13(18)10-6-5-9(15)8-11(10)16-12(17)4-2-3-7-14/h5-6,8H,2-4,7H2,1H3,(H,16,17). The maximum Gasteiger partial charge on any atom is 0.339 e. The number of anilines is 1. The van der Waals surface area contributed by atoms with E-state index in [0.29, 0.717) is 22.7 Å². The Balaban J connectivity index is 2.78. The van der Waals surface area contributed by atoms with Crippen molar-refractivity contribution in [2.45, 2.75) is 19.3 Å². The van der Waals surface area contributed by atoms with Gasteiger partial charge in [-0.1, -0.05) is 27.5 Å². The molecule has 0 aromatic heterocycles. The molecule has 0 saturated heterocycles. The van der Waals surface area contributed by atoms with E-state index >= 15 is 0 Å². The van der Waals surface area contributed by atoms with Gasteiger partial charge < -0.3 is 10.1 Å². The van der Waals surface area contributed by atoms with Crippen LogP contribution in [0.25, 0.3) is 0 Å². The molecule has 0 saturated carbocycles. The molecule has 0 unspecified atom stereocenters. The minimum atomic E-state index is -0.507. The number of hydrogen-bond acceptors (Lipinski definition) is 3. The van der Waals surface area contributed by atoms with Crippen molar-refractivity contribution >= 4 is 45.1 Å². The van der Waals surface area contributed by atoms with Crippen LogP contribution in [0.15, 0.2) is 18.2 Å². The Morgan fingerprint density at radius 3 is 2.74 bits per heavy atom. The summed E-state index contributed by atoms with van der Waals surface area (Å²) in [4.78, 5) is 23.3. The number of ether oxygens (including phenoxy) is 1. The summed E-state index contributed by atoms with van der Waals surface area (Å²) in [5.74, 6) is -0.652. The van der Waals surface area contributed by atoms with Crippen molar-refractivity contribution in [1.29, 1.82) is 0 Å². The molecule has 4 nitrogen and oxygen atoms in total. The second kappa shape index (κ2) is 8.17. The van der Waals surface area contributed by atoms with E-state index in [-0.39, 0.29) is 5.91 Å². The first-order valence-electron chi connectivity index (χ1n) is 5.82. The van der Waals surface area contributed by atoms with Crippen LogP contribution in [0.3, 0.4) is 0 Å². The predicted octanol–water partition coefficient (Wildman–Crippen LogP) is 3.63. The molecule has 104 valence electrons. The van der Waals surface area contributed by atoms with Crippen molar-refractivity contribution in [3.8, 4) is 0 Å². The molecule has 0 spiro atoms. The van der Waals surface area contributed by atoms with Crippen LogP contribution < -0.4 is 5.32 Å². The summed E-state index contributed by atoms with van der Waals surface area (Å²) in [5.41, 5.74) is 0.670. The highest BCUT2D eigenvalue weighted by Crippen LogP contribution is 2.22. The first-order chi connectivity index (χ1) is 9.08. The zero-order chi connectivity index (χ0) is 14.3. The third kappa shape index (κ3) is 5.20. The number of esters is 1. The van der Waals surface area contributed by atoms with Crippen molar-refractivity contribution in [3.63, 3.8) is 0 Å². The third-order valence-electron chi connectivity index (χ3n) is 2.45. The van der Waals surface area contributed by atoms with Gasteiger partial charge >= 0.3 is 5.97 Å². The number of unbranched alkanes of at least 4 members (excludes halogenated alkanes) is 1. The molecular formula is C13H15BrClNO3. The fraction of sp³-hybridized carbons (Fsp3) is 0.385. The quantitative estimate of drug-likeness (QED) is 0.485. The number of carbonyl (C=O) groups is 2. The second-order valence-corrected chi connectivity index (χ2v) is 5.11. The summed E-state index contributed by atoms with van der Waals surface area (Å²) in [7, 11) is 1.29. The molecular weight excluding hydrogens is 334 g/mol. The Labute approximate surface area is 125 Å². The number of amides is 1. The van der Waals surface area contributed by atoms with Crippen molar-refractivity contribution in [3.05, 3.63) is 28.8 Å². The minimum Gasteiger partial charge on any atom is -0.465 e. The van der Waals surface area contributed by atoms with E-state index in [4.69, 9.17) is 11.6 Å². The normalized spacial score (nSPS) is 10.1. The molecule has 0 fully saturated rings. The van der Waals surface area contributed by atoms with Crippen molar-refractivity contribution in [1.82, 2.24) is 0 Å². The number of nitrogens with one attached hydrogen (secondary N) is 1. The number of carbonyl (C=O) groups excluding carboxylic acids is 2. The number of methoxy groups -OCH3 is 1. The molecule has 1 aromatic carbocycles. The molecule has 0 aliphatic rings. The largest absolute Gasteiger partial charge is 0.465 e. The molecule has 0 aliphatic heterocycles.